The van der Waals surface area contributed by atoms with Gasteiger partial charge in [0.05, 0.1) is 11.3 Å². The Labute approximate surface area is 151 Å². The number of nitrogens with zero attached hydrogens (tertiary/aromatic N) is 1. The molecule has 0 saturated carbocycles. The van der Waals surface area contributed by atoms with Crippen molar-refractivity contribution in [3.8, 4) is 17.0 Å². The minimum Gasteiger partial charge on any atom is -0.482 e. The van der Waals surface area contributed by atoms with E-state index in [-0.39, 0.29) is 5.56 Å². The fraction of sp³-hybridized carbons (Fsp3) is 0.0556. The molecule has 0 radical (unpaired) electrons. The van der Waals surface area contributed by atoms with E-state index in [2.05, 4.69) is 10.3 Å². The number of benzene rings is 2. The molecule has 1 amide bonds. The maximum Gasteiger partial charge on any atom is 0.341 e. The van der Waals surface area contributed by atoms with Crippen molar-refractivity contribution in [2.45, 2.75) is 0 Å². The second-order valence-corrected chi connectivity index (χ2v) is 6.04. The number of carboxylic acids is 1. The summed E-state index contributed by atoms with van der Waals surface area (Å²) in [5, 5.41) is 13.3. The van der Waals surface area contributed by atoms with E-state index in [1.54, 1.807) is 35.7 Å². The summed E-state index contributed by atoms with van der Waals surface area (Å²) >= 11 is 1.22. The van der Waals surface area contributed by atoms with Crippen LogP contribution in [0, 0.1) is 5.82 Å². The number of aromatic nitrogens is 1. The van der Waals surface area contributed by atoms with Gasteiger partial charge in [0.25, 0.3) is 5.91 Å². The summed E-state index contributed by atoms with van der Waals surface area (Å²) in [7, 11) is 0. The number of aliphatic carboxylic acids is 1. The van der Waals surface area contributed by atoms with Crippen molar-refractivity contribution in [3.63, 3.8) is 0 Å². The number of hydrogen-bond donors (Lipinski definition) is 2. The Kier molecular flexibility index (Phi) is 5.23. The van der Waals surface area contributed by atoms with Gasteiger partial charge in [0.1, 0.15) is 11.6 Å². The predicted octanol–water partition coefficient (Wildman–Crippen LogP) is 3.66. The third-order valence-corrected chi connectivity index (χ3v) is 4.11. The Morgan fingerprint density at radius 3 is 2.58 bits per heavy atom. The van der Waals surface area contributed by atoms with Gasteiger partial charge in [-0.15, -0.1) is 11.3 Å². The molecular formula is C18H13FN2O4S. The lowest BCUT2D eigenvalue weighted by atomic mass is 10.2. The number of thiazole rings is 1. The molecule has 1 heterocycles. The number of rotatable bonds is 6. The normalized spacial score (nSPS) is 10.3. The standard InChI is InChI=1S/C18H13FN2O4S/c19-14-4-2-1-3-13(14)17(24)21-18-20-15(10-26-18)11-5-7-12(8-6-11)25-9-16(22)23/h1-8,10H,9H2,(H,22,23)(H,20,21,24). The SMILES string of the molecule is O=C(O)COc1ccc(-c2csc(NC(=O)c3ccccc3F)n2)cc1. The van der Waals surface area contributed by atoms with Gasteiger partial charge in [-0.3, -0.25) is 10.1 Å². The van der Waals surface area contributed by atoms with E-state index in [9.17, 15) is 14.0 Å². The van der Waals surface area contributed by atoms with Crippen LogP contribution in [0.15, 0.2) is 53.9 Å². The van der Waals surface area contributed by atoms with E-state index >= 15 is 0 Å². The van der Waals surface area contributed by atoms with Gasteiger partial charge in [-0.25, -0.2) is 14.2 Å². The van der Waals surface area contributed by atoms with Gasteiger partial charge in [-0.2, -0.15) is 0 Å². The Morgan fingerprint density at radius 2 is 1.88 bits per heavy atom. The molecule has 2 aromatic carbocycles. The first kappa shape index (κ1) is 17.6. The highest BCUT2D eigenvalue weighted by Crippen LogP contribution is 2.27. The van der Waals surface area contributed by atoms with Crippen molar-refractivity contribution in [1.29, 1.82) is 0 Å². The molecule has 1 aromatic heterocycles. The van der Waals surface area contributed by atoms with Crippen molar-refractivity contribution < 1.29 is 23.8 Å². The summed E-state index contributed by atoms with van der Waals surface area (Å²) in [6.45, 7) is -0.414. The topological polar surface area (TPSA) is 88.5 Å². The molecule has 6 nitrogen and oxygen atoms in total. The molecule has 0 aliphatic rings. The van der Waals surface area contributed by atoms with Crippen LogP contribution in [0.4, 0.5) is 9.52 Å². The fourth-order valence-electron chi connectivity index (χ4n) is 2.14. The van der Waals surface area contributed by atoms with E-state index in [1.165, 1.54) is 29.5 Å². The van der Waals surface area contributed by atoms with E-state index in [1.807, 2.05) is 0 Å². The van der Waals surface area contributed by atoms with Gasteiger partial charge in [0.15, 0.2) is 11.7 Å². The molecule has 3 aromatic rings. The summed E-state index contributed by atoms with van der Waals surface area (Å²) in [5.41, 5.74) is 1.35. The Hall–Kier alpha value is -3.26. The zero-order chi connectivity index (χ0) is 18.5. The average molecular weight is 372 g/mol. The lowest BCUT2D eigenvalue weighted by molar-refractivity contribution is -0.139. The lowest BCUT2D eigenvalue weighted by Crippen LogP contribution is -2.13. The molecule has 2 N–H and O–H groups in total. The third-order valence-electron chi connectivity index (χ3n) is 3.36. The Balaban J connectivity index is 1.69. The van der Waals surface area contributed by atoms with Gasteiger partial charge >= 0.3 is 5.97 Å². The van der Waals surface area contributed by atoms with E-state index in [0.717, 1.165) is 5.56 Å². The van der Waals surface area contributed by atoms with Gasteiger partial charge < -0.3 is 9.84 Å². The van der Waals surface area contributed by atoms with Crippen molar-refractivity contribution in [1.82, 2.24) is 4.98 Å². The number of halogens is 1. The van der Waals surface area contributed by atoms with E-state index < -0.39 is 24.3 Å². The van der Waals surface area contributed by atoms with Gasteiger partial charge in [-0.1, -0.05) is 12.1 Å². The summed E-state index contributed by atoms with van der Waals surface area (Å²) in [4.78, 5) is 26.9. The Morgan fingerprint density at radius 1 is 1.15 bits per heavy atom. The van der Waals surface area contributed by atoms with Crippen LogP contribution in [-0.4, -0.2) is 28.6 Å². The molecule has 0 unspecified atom stereocenters. The summed E-state index contributed by atoms with van der Waals surface area (Å²) in [6, 6.07) is 12.4. The van der Waals surface area contributed by atoms with E-state index in [4.69, 9.17) is 9.84 Å². The third kappa shape index (κ3) is 4.22. The highest BCUT2D eigenvalue weighted by molar-refractivity contribution is 7.14. The van der Waals surface area contributed by atoms with Gasteiger partial charge in [0, 0.05) is 10.9 Å². The number of hydrogen-bond acceptors (Lipinski definition) is 5. The molecule has 0 fully saturated rings. The zero-order valence-corrected chi connectivity index (χ0v) is 14.1. The van der Waals surface area contributed by atoms with Crippen LogP contribution < -0.4 is 10.1 Å². The zero-order valence-electron chi connectivity index (χ0n) is 13.3. The molecule has 0 spiro atoms. The van der Waals surface area contributed by atoms with Crippen LogP contribution in [0.3, 0.4) is 0 Å². The molecule has 0 aliphatic heterocycles. The molecule has 132 valence electrons. The molecule has 26 heavy (non-hydrogen) atoms. The summed E-state index contributed by atoms with van der Waals surface area (Å²) < 4.78 is 18.7. The van der Waals surface area contributed by atoms with Gasteiger partial charge in [-0.05, 0) is 36.4 Å². The molecule has 0 saturated heterocycles. The van der Waals surface area contributed by atoms with Gasteiger partial charge in [0.2, 0.25) is 0 Å². The van der Waals surface area contributed by atoms with Crippen LogP contribution >= 0.6 is 11.3 Å². The summed E-state index contributed by atoms with van der Waals surface area (Å²) in [6.07, 6.45) is 0. The summed E-state index contributed by atoms with van der Waals surface area (Å²) in [5.74, 6) is -1.79. The highest BCUT2D eigenvalue weighted by atomic mass is 32.1. The molecule has 8 heteroatoms. The lowest BCUT2D eigenvalue weighted by Gasteiger charge is -2.04. The van der Waals surface area contributed by atoms with Crippen LogP contribution in [0.2, 0.25) is 0 Å². The quantitative estimate of drug-likeness (QED) is 0.689. The minimum absolute atomic E-state index is 0.0517. The fourth-order valence-corrected chi connectivity index (χ4v) is 2.86. The number of nitrogens with one attached hydrogen (secondary N) is 1. The van der Waals surface area contributed by atoms with Crippen molar-refractivity contribution in [2.24, 2.45) is 0 Å². The maximum atomic E-state index is 13.6. The van der Waals surface area contributed by atoms with Crippen LogP contribution in [0.25, 0.3) is 11.3 Å². The molecule has 0 bridgehead atoms. The molecule has 3 rings (SSSR count). The van der Waals surface area contributed by atoms with E-state index in [0.29, 0.717) is 16.6 Å². The van der Waals surface area contributed by atoms with Crippen molar-refractivity contribution >= 4 is 28.3 Å². The first-order valence-corrected chi connectivity index (χ1v) is 8.37. The first-order chi connectivity index (χ1) is 12.5. The van der Waals surface area contributed by atoms with Crippen molar-refractivity contribution in [2.75, 3.05) is 11.9 Å². The second-order valence-electron chi connectivity index (χ2n) is 5.18. The van der Waals surface area contributed by atoms with Crippen LogP contribution in [-0.2, 0) is 4.79 Å². The average Bonchev–Trinajstić information content (AvgIpc) is 3.09. The molecule has 0 atom stereocenters. The monoisotopic (exact) mass is 372 g/mol. The number of carbonyl (C=O) groups excluding carboxylic acids is 1. The van der Waals surface area contributed by atoms with Crippen LogP contribution in [0.1, 0.15) is 10.4 Å². The first-order valence-electron chi connectivity index (χ1n) is 7.49. The molecular weight excluding hydrogens is 359 g/mol. The smallest absolute Gasteiger partial charge is 0.341 e. The number of carbonyl (C=O) groups is 2. The number of amides is 1. The maximum absolute atomic E-state index is 13.6. The second kappa shape index (κ2) is 7.75. The molecule has 0 aliphatic carbocycles. The highest BCUT2D eigenvalue weighted by Gasteiger charge is 2.13. The van der Waals surface area contributed by atoms with Crippen LogP contribution in [0.5, 0.6) is 5.75 Å². The largest absolute Gasteiger partial charge is 0.482 e. The van der Waals surface area contributed by atoms with Crippen molar-refractivity contribution in [3.05, 3.63) is 65.3 Å². The number of ether oxygens (including phenoxy) is 1. The Bertz CT molecular complexity index is 940. The number of carboxylic acid groups (broad SMARTS) is 1. The number of anilines is 1. The minimum atomic E-state index is -1.05. The predicted molar refractivity (Wildman–Crippen MR) is 95.0 cm³/mol.